The first-order chi connectivity index (χ1) is 15.6. The summed E-state index contributed by atoms with van der Waals surface area (Å²) in [5.74, 6) is 1.80. The van der Waals surface area contributed by atoms with Crippen molar-refractivity contribution in [1.82, 2.24) is 19.9 Å². The molecule has 4 aromatic rings. The number of hydrogen-bond acceptors (Lipinski definition) is 7. The lowest BCUT2D eigenvalue weighted by atomic mass is 10.1. The van der Waals surface area contributed by atoms with Crippen molar-refractivity contribution in [3.8, 4) is 11.3 Å². The maximum atomic E-state index is 13.4. The third-order valence-electron chi connectivity index (χ3n) is 4.77. The van der Waals surface area contributed by atoms with Gasteiger partial charge in [0, 0.05) is 18.2 Å². The van der Waals surface area contributed by atoms with Crippen molar-refractivity contribution in [2.45, 2.75) is 39.8 Å². The number of likely N-dealkylation sites (N-methyl/N-ethyl adjacent to an activating group) is 1. The molecule has 3 heterocycles. The molecule has 33 heavy (non-hydrogen) atoms. The quantitative estimate of drug-likeness (QED) is 0.415. The molecule has 0 aliphatic carbocycles. The normalized spacial score (nSPS) is 11.7. The van der Waals surface area contributed by atoms with Crippen molar-refractivity contribution in [2.75, 3.05) is 23.8 Å². The smallest absolute Gasteiger partial charge is 0.239 e. The summed E-state index contributed by atoms with van der Waals surface area (Å²) >= 11 is 1.38. The average Bonchev–Trinajstić information content (AvgIpc) is 3.42. The fourth-order valence-electron chi connectivity index (χ4n) is 3.27. The highest BCUT2D eigenvalue weighted by Crippen LogP contribution is 2.34. The monoisotopic (exact) mass is 470 g/mol. The minimum atomic E-state index is -0.299. The van der Waals surface area contributed by atoms with E-state index < -0.39 is 0 Å². The topological polar surface area (TPSA) is 87.7 Å². The SMILES string of the molecule is Cc1ccc(CNC(=O)CN(C)c2nn3c(NC(C)(C)C)c(-c4ccc(F)cc4)nc3s2)o1. The van der Waals surface area contributed by atoms with Gasteiger partial charge in [-0.1, -0.05) is 11.3 Å². The highest BCUT2D eigenvalue weighted by atomic mass is 32.1. The van der Waals surface area contributed by atoms with Gasteiger partial charge < -0.3 is 20.0 Å². The summed E-state index contributed by atoms with van der Waals surface area (Å²) in [5, 5.41) is 11.7. The van der Waals surface area contributed by atoms with Gasteiger partial charge in [0.1, 0.15) is 23.0 Å². The summed E-state index contributed by atoms with van der Waals surface area (Å²) in [5.41, 5.74) is 1.25. The number of hydrogen-bond donors (Lipinski definition) is 2. The molecule has 0 bridgehead atoms. The van der Waals surface area contributed by atoms with Crippen molar-refractivity contribution in [3.63, 3.8) is 0 Å². The summed E-state index contributed by atoms with van der Waals surface area (Å²) in [4.78, 5) is 19.6. The maximum absolute atomic E-state index is 13.4. The molecule has 2 N–H and O–H groups in total. The zero-order valence-corrected chi connectivity index (χ0v) is 20.1. The number of rotatable bonds is 7. The molecule has 8 nitrogen and oxygen atoms in total. The van der Waals surface area contributed by atoms with E-state index in [-0.39, 0.29) is 23.8 Å². The fourth-order valence-corrected chi connectivity index (χ4v) is 4.14. The Labute approximate surface area is 195 Å². The molecule has 0 fully saturated rings. The Morgan fingerprint density at radius 3 is 2.58 bits per heavy atom. The Hall–Kier alpha value is -3.40. The Bertz CT molecular complexity index is 1270. The van der Waals surface area contributed by atoms with Crippen LogP contribution in [0.1, 0.15) is 32.3 Å². The number of carbonyl (C=O) groups excluding carboxylic acids is 1. The van der Waals surface area contributed by atoms with Gasteiger partial charge in [0.15, 0.2) is 5.82 Å². The van der Waals surface area contributed by atoms with E-state index in [1.165, 1.54) is 23.5 Å². The number of nitrogens with zero attached hydrogens (tertiary/aromatic N) is 4. The highest BCUT2D eigenvalue weighted by Gasteiger charge is 2.23. The summed E-state index contributed by atoms with van der Waals surface area (Å²) in [6.45, 7) is 8.48. The van der Waals surface area contributed by atoms with Gasteiger partial charge in [-0.05, 0) is 64.1 Å². The summed E-state index contributed by atoms with van der Waals surface area (Å²) in [6.07, 6.45) is 0. The van der Waals surface area contributed by atoms with Crippen molar-refractivity contribution >= 4 is 33.2 Å². The molecule has 0 unspecified atom stereocenters. The molecular weight excluding hydrogens is 443 g/mol. The van der Waals surface area contributed by atoms with Gasteiger partial charge in [0.05, 0.1) is 13.1 Å². The minimum Gasteiger partial charge on any atom is -0.465 e. The average molecular weight is 471 g/mol. The number of anilines is 2. The van der Waals surface area contributed by atoms with Gasteiger partial charge in [-0.25, -0.2) is 9.37 Å². The van der Waals surface area contributed by atoms with Crippen LogP contribution in [0.2, 0.25) is 0 Å². The number of aryl methyl sites for hydroxylation is 1. The number of furan rings is 1. The number of carbonyl (C=O) groups is 1. The largest absolute Gasteiger partial charge is 0.465 e. The summed E-state index contributed by atoms with van der Waals surface area (Å²) in [7, 11) is 1.81. The van der Waals surface area contributed by atoms with Crippen LogP contribution in [0.15, 0.2) is 40.8 Å². The van der Waals surface area contributed by atoms with E-state index in [1.807, 2.05) is 46.9 Å². The van der Waals surface area contributed by atoms with Crippen LogP contribution in [0.3, 0.4) is 0 Å². The summed E-state index contributed by atoms with van der Waals surface area (Å²) in [6, 6.07) is 9.94. The van der Waals surface area contributed by atoms with Crippen molar-refractivity contribution in [3.05, 3.63) is 53.7 Å². The molecule has 4 rings (SSSR count). The number of imidazole rings is 1. The molecule has 10 heteroatoms. The van der Waals surface area contributed by atoms with Crippen LogP contribution in [0.5, 0.6) is 0 Å². The van der Waals surface area contributed by atoms with E-state index >= 15 is 0 Å². The standard InChI is InChI=1S/C23H27FN6O2S/c1-14-6-11-17(32-14)12-25-18(31)13-29(5)22-28-30-20(27-23(2,3)4)19(26-21(30)33-22)15-7-9-16(24)10-8-15/h6-11,27H,12-13H2,1-5H3,(H,25,31). The van der Waals surface area contributed by atoms with Crippen molar-refractivity contribution < 1.29 is 13.6 Å². The highest BCUT2D eigenvalue weighted by molar-refractivity contribution is 7.20. The second-order valence-corrected chi connectivity index (χ2v) is 9.85. The van der Waals surface area contributed by atoms with Gasteiger partial charge in [-0.15, -0.1) is 5.10 Å². The van der Waals surface area contributed by atoms with Crippen LogP contribution in [0.4, 0.5) is 15.3 Å². The molecule has 1 amide bonds. The van der Waals surface area contributed by atoms with Crippen LogP contribution in [0.25, 0.3) is 16.2 Å². The van der Waals surface area contributed by atoms with Gasteiger partial charge in [-0.2, -0.15) is 4.52 Å². The third kappa shape index (κ3) is 5.33. The predicted molar refractivity (Wildman–Crippen MR) is 128 cm³/mol. The van der Waals surface area contributed by atoms with Crippen LogP contribution in [-0.2, 0) is 11.3 Å². The fraction of sp³-hybridized carbons (Fsp3) is 0.348. The number of halogens is 1. The molecule has 1 aromatic carbocycles. The van der Waals surface area contributed by atoms with Crippen LogP contribution in [0, 0.1) is 12.7 Å². The second-order valence-electron chi connectivity index (χ2n) is 8.92. The number of benzene rings is 1. The lowest BCUT2D eigenvalue weighted by Gasteiger charge is -2.22. The van der Waals surface area contributed by atoms with E-state index in [1.54, 1.807) is 21.5 Å². The van der Waals surface area contributed by atoms with E-state index in [0.717, 1.165) is 17.1 Å². The molecule has 0 aliphatic rings. The zero-order valence-electron chi connectivity index (χ0n) is 19.3. The molecule has 0 spiro atoms. The lowest BCUT2D eigenvalue weighted by molar-refractivity contribution is -0.120. The predicted octanol–water partition coefficient (Wildman–Crippen LogP) is 4.46. The number of nitrogens with one attached hydrogen (secondary N) is 2. The summed E-state index contributed by atoms with van der Waals surface area (Å²) < 4.78 is 20.6. The maximum Gasteiger partial charge on any atom is 0.239 e. The van der Waals surface area contributed by atoms with Gasteiger partial charge in [0.2, 0.25) is 16.0 Å². The number of fused-ring (bicyclic) bond motifs is 1. The minimum absolute atomic E-state index is 0.139. The molecule has 174 valence electrons. The molecule has 0 radical (unpaired) electrons. The lowest BCUT2D eigenvalue weighted by Crippen LogP contribution is -2.34. The first kappa shape index (κ1) is 22.8. The number of amides is 1. The van der Waals surface area contributed by atoms with Crippen LogP contribution < -0.4 is 15.5 Å². The van der Waals surface area contributed by atoms with Gasteiger partial charge in [0.25, 0.3) is 0 Å². The molecular formula is C23H27FN6O2S. The van der Waals surface area contributed by atoms with E-state index in [0.29, 0.717) is 28.1 Å². The molecule has 0 saturated heterocycles. The molecule has 0 saturated carbocycles. The van der Waals surface area contributed by atoms with Crippen molar-refractivity contribution in [1.29, 1.82) is 0 Å². The van der Waals surface area contributed by atoms with Crippen LogP contribution in [-0.4, -0.2) is 39.6 Å². The Kier molecular flexibility index (Phi) is 6.11. The number of aromatic nitrogens is 3. The third-order valence-corrected chi connectivity index (χ3v) is 5.79. The van der Waals surface area contributed by atoms with Gasteiger partial charge >= 0.3 is 0 Å². The van der Waals surface area contributed by atoms with E-state index in [9.17, 15) is 9.18 Å². The molecule has 0 aliphatic heterocycles. The Morgan fingerprint density at radius 2 is 1.94 bits per heavy atom. The molecule has 0 atom stereocenters. The van der Waals surface area contributed by atoms with E-state index in [4.69, 9.17) is 14.5 Å². The van der Waals surface area contributed by atoms with E-state index in [2.05, 4.69) is 10.6 Å². The Morgan fingerprint density at radius 1 is 1.21 bits per heavy atom. The van der Waals surface area contributed by atoms with Crippen molar-refractivity contribution in [2.24, 2.45) is 0 Å². The first-order valence-electron chi connectivity index (χ1n) is 10.6. The Balaban J connectivity index is 1.55. The second kappa shape index (κ2) is 8.86. The van der Waals surface area contributed by atoms with Crippen LogP contribution >= 0.6 is 11.3 Å². The molecule has 3 aromatic heterocycles. The van der Waals surface area contributed by atoms with Gasteiger partial charge in [-0.3, -0.25) is 4.79 Å². The zero-order chi connectivity index (χ0) is 23.8. The first-order valence-corrected chi connectivity index (χ1v) is 11.4.